The first-order valence-electron chi connectivity index (χ1n) is 9.17. The second-order valence-corrected chi connectivity index (χ2v) is 8.61. The molecule has 5 heteroatoms. The van der Waals surface area contributed by atoms with Crippen LogP contribution >= 0.6 is 11.3 Å². The predicted octanol–water partition coefficient (Wildman–Crippen LogP) is 3.78. The lowest BCUT2D eigenvalue weighted by Gasteiger charge is -2.18. The van der Waals surface area contributed by atoms with Gasteiger partial charge in [0.15, 0.2) is 5.13 Å². The Morgan fingerprint density at radius 1 is 1.16 bits per heavy atom. The second-order valence-electron chi connectivity index (χ2n) is 7.53. The minimum absolute atomic E-state index is 0.211. The van der Waals surface area contributed by atoms with Crippen LogP contribution in [0.5, 0.6) is 5.88 Å². The van der Waals surface area contributed by atoms with E-state index in [1.165, 1.54) is 24.0 Å². The maximum absolute atomic E-state index is 10.2. The van der Waals surface area contributed by atoms with Crippen molar-refractivity contribution in [2.45, 2.75) is 38.4 Å². The molecule has 1 saturated carbocycles. The van der Waals surface area contributed by atoms with Gasteiger partial charge in [0, 0.05) is 32.1 Å². The molecule has 0 amide bonds. The Morgan fingerprint density at radius 2 is 1.96 bits per heavy atom. The number of thiazole rings is 1. The van der Waals surface area contributed by atoms with Gasteiger partial charge in [-0.05, 0) is 35.8 Å². The van der Waals surface area contributed by atoms with Gasteiger partial charge in [-0.1, -0.05) is 47.8 Å². The number of aromatic nitrogens is 1. The zero-order valence-electron chi connectivity index (χ0n) is 14.2. The minimum atomic E-state index is 0.211. The average molecular weight is 353 g/mol. The highest BCUT2D eigenvalue weighted by Crippen LogP contribution is 2.41. The Bertz CT molecular complexity index is 790. The van der Waals surface area contributed by atoms with Crippen LogP contribution in [0.15, 0.2) is 36.4 Å². The van der Waals surface area contributed by atoms with Crippen LogP contribution in [0.3, 0.4) is 0 Å². The van der Waals surface area contributed by atoms with Crippen molar-refractivity contribution in [2.75, 3.05) is 11.9 Å². The maximum atomic E-state index is 10.2. The van der Waals surface area contributed by atoms with E-state index in [-0.39, 0.29) is 5.88 Å². The molecule has 1 aromatic heterocycles. The molecule has 1 aliphatic heterocycles. The van der Waals surface area contributed by atoms with E-state index in [0.29, 0.717) is 12.0 Å². The quantitative estimate of drug-likeness (QED) is 0.803. The Balaban J connectivity index is 1.19. The number of anilines is 1. The molecule has 0 radical (unpaired) electrons. The first kappa shape index (κ1) is 15.4. The molecule has 1 fully saturated rings. The molecule has 1 aromatic carbocycles. The largest absolute Gasteiger partial charge is 0.492 e. The van der Waals surface area contributed by atoms with Crippen LogP contribution in [-0.4, -0.2) is 27.6 Å². The molecule has 4 nitrogen and oxygen atoms in total. The van der Waals surface area contributed by atoms with Crippen LogP contribution in [0.25, 0.3) is 0 Å². The third kappa shape index (κ3) is 2.96. The van der Waals surface area contributed by atoms with E-state index in [1.54, 1.807) is 11.3 Å². The monoisotopic (exact) mass is 353 g/mol. The minimum Gasteiger partial charge on any atom is -0.492 e. The maximum Gasteiger partial charge on any atom is 0.227 e. The molecule has 3 unspecified atom stereocenters. The molecule has 0 spiro atoms. The highest BCUT2D eigenvalue weighted by Gasteiger charge is 2.36. The highest BCUT2D eigenvalue weighted by atomic mass is 32.1. The summed E-state index contributed by atoms with van der Waals surface area (Å²) < 4.78 is 0. The van der Waals surface area contributed by atoms with E-state index in [4.69, 9.17) is 0 Å². The van der Waals surface area contributed by atoms with E-state index >= 15 is 0 Å². The predicted molar refractivity (Wildman–Crippen MR) is 101 cm³/mol. The number of benzene rings is 1. The molecule has 25 heavy (non-hydrogen) atoms. The zero-order valence-corrected chi connectivity index (χ0v) is 15.0. The number of aromatic hydroxyl groups is 1. The van der Waals surface area contributed by atoms with Crippen molar-refractivity contribution in [3.63, 3.8) is 0 Å². The SMILES string of the molecule is Oc1nc(NC2CC3C=CC2C3)sc1CCN1Cc2ccccc2C1. The van der Waals surface area contributed by atoms with Crippen LogP contribution in [0, 0.1) is 11.8 Å². The third-order valence-electron chi connectivity index (χ3n) is 5.83. The van der Waals surface area contributed by atoms with E-state index in [1.807, 2.05) is 0 Å². The first-order valence-corrected chi connectivity index (χ1v) is 9.99. The molecule has 3 atom stereocenters. The van der Waals surface area contributed by atoms with Crippen LogP contribution < -0.4 is 5.32 Å². The average Bonchev–Trinajstić information content (AvgIpc) is 3.36. The van der Waals surface area contributed by atoms with Gasteiger partial charge in [0.2, 0.25) is 5.88 Å². The molecular weight excluding hydrogens is 330 g/mol. The molecule has 130 valence electrons. The van der Waals surface area contributed by atoms with Crippen molar-refractivity contribution in [2.24, 2.45) is 11.8 Å². The summed E-state index contributed by atoms with van der Waals surface area (Å²) in [5.74, 6) is 1.60. The molecule has 0 saturated heterocycles. The van der Waals surface area contributed by atoms with Crippen LogP contribution in [0.2, 0.25) is 0 Å². The van der Waals surface area contributed by atoms with Crippen molar-refractivity contribution >= 4 is 16.5 Å². The summed E-state index contributed by atoms with van der Waals surface area (Å²) >= 11 is 1.62. The number of hydrogen-bond donors (Lipinski definition) is 2. The molecule has 3 aliphatic rings. The number of allylic oxidation sites excluding steroid dienone is 1. The molecule has 2 aromatic rings. The van der Waals surface area contributed by atoms with Crippen molar-refractivity contribution < 1.29 is 5.11 Å². The van der Waals surface area contributed by atoms with Gasteiger partial charge in [-0.3, -0.25) is 4.90 Å². The van der Waals surface area contributed by atoms with Gasteiger partial charge < -0.3 is 10.4 Å². The second kappa shape index (κ2) is 6.15. The van der Waals surface area contributed by atoms with E-state index in [0.717, 1.165) is 42.0 Å². The highest BCUT2D eigenvalue weighted by molar-refractivity contribution is 7.15. The van der Waals surface area contributed by atoms with Crippen molar-refractivity contribution in [3.05, 3.63) is 52.4 Å². The molecule has 2 bridgehead atoms. The van der Waals surface area contributed by atoms with E-state index < -0.39 is 0 Å². The van der Waals surface area contributed by atoms with Gasteiger partial charge in [0.05, 0.1) is 4.88 Å². The lowest BCUT2D eigenvalue weighted by atomic mass is 10.0. The summed E-state index contributed by atoms with van der Waals surface area (Å²) in [4.78, 5) is 7.80. The molecule has 5 rings (SSSR count). The molecule has 2 heterocycles. The fourth-order valence-electron chi connectivity index (χ4n) is 4.50. The number of hydrogen-bond acceptors (Lipinski definition) is 5. The fraction of sp³-hybridized carbons (Fsp3) is 0.450. The molecule has 2 aliphatic carbocycles. The summed E-state index contributed by atoms with van der Waals surface area (Å²) in [6, 6.07) is 9.14. The van der Waals surface area contributed by atoms with Gasteiger partial charge in [0.1, 0.15) is 0 Å². The van der Waals surface area contributed by atoms with Crippen LogP contribution in [0.4, 0.5) is 5.13 Å². The topological polar surface area (TPSA) is 48.4 Å². The zero-order chi connectivity index (χ0) is 16.8. The van der Waals surface area contributed by atoms with Gasteiger partial charge in [0.25, 0.3) is 0 Å². The van der Waals surface area contributed by atoms with Gasteiger partial charge in [-0.15, -0.1) is 0 Å². The van der Waals surface area contributed by atoms with Crippen molar-refractivity contribution in [3.8, 4) is 5.88 Å². The Morgan fingerprint density at radius 3 is 2.64 bits per heavy atom. The Hall–Kier alpha value is -1.85. The Labute approximate surface area is 152 Å². The number of nitrogens with zero attached hydrogens (tertiary/aromatic N) is 2. The normalized spacial score (nSPS) is 27.1. The van der Waals surface area contributed by atoms with Gasteiger partial charge in [-0.2, -0.15) is 4.98 Å². The number of rotatable bonds is 5. The van der Waals surface area contributed by atoms with Gasteiger partial charge in [-0.25, -0.2) is 0 Å². The summed E-state index contributed by atoms with van der Waals surface area (Å²) in [5.41, 5.74) is 2.87. The molecular formula is C20H23N3OS. The van der Waals surface area contributed by atoms with Crippen molar-refractivity contribution in [1.82, 2.24) is 9.88 Å². The molecule has 2 N–H and O–H groups in total. The van der Waals surface area contributed by atoms with Gasteiger partial charge >= 0.3 is 0 Å². The lowest BCUT2D eigenvalue weighted by Crippen LogP contribution is -2.23. The standard InChI is InChI=1S/C20H23N3OS/c24-19-18(7-8-23-11-15-3-1-2-4-16(15)12-23)25-20(22-19)21-17-10-13-5-6-14(17)9-13/h1-6,13-14,17,24H,7-12H2,(H,21,22). The summed E-state index contributed by atoms with van der Waals surface area (Å²) in [7, 11) is 0. The fourth-order valence-corrected chi connectivity index (χ4v) is 5.40. The third-order valence-corrected chi connectivity index (χ3v) is 6.86. The van der Waals surface area contributed by atoms with E-state index in [9.17, 15) is 5.11 Å². The lowest BCUT2D eigenvalue weighted by molar-refractivity contribution is 0.287. The van der Waals surface area contributed by atoms with E-state index in [2.05, 4.69) is 51.6 Å². The van der Waals surface area contributed by atoms with Crippen LogP contribution in [-0.2, 0) is 19.5 Å². The first-order chi connectivity index (χ1) is 12.2. The van der Waals surface area contributed by atoms with Crippen LogP contribution in [0.1, 0.15) is 28.8 Å². The van der Waals surface area contributed by atoms with Crippen molar-refractivity contribution in [1.29, 1.82) is 0 Å². The summed E-state index contributed by atoms with van der Waals surface area (Å²) in [5, 5.41) is 14.6. The summed E-state index contributed by atoms with van der Waals surface area (Å²) in [6.07, 6.45) is 8.02. The Kier molecular flexibility index (Phi) is 3.79. The smallest absolute Gasteiger partial charge is 0.227 e. The number of nitrogens with one attached hydrogen (secondary N) is 1. The number of fused-ring (bicyclic) bond motifs is 3. The summed E-state index contributed by atoms with van der Waals surface area (Å²) in [6.45, 7) is 2.98.